The van der Waals surface area contributed by atoms with Gasteiger partial charge in [0, 0.05) is 122 Å². The third-order valence-corrected chi connectivity index (χ3v) is 18.2. The molecular formula is C43H60N10O16S2. The molecule has 4 fully saturated rings. The molecule has 2 aromatic carbocycles. The number of methoxy groups -OCH3 is 2. The SMILES string of the molecule is COc1ccc(-c2nnn(CCCON3CCN(S(=O)(=O)C4(C(=O)OO)CCOCC4)CC3)n2)cc1.COc1ccc(-c2noc(CCCN3CCN(S(=O)(=O)C4(C(=O)OO)CCOCC4)CC3)n2)cc1. The predicted octanol–water partition coefficient (Wildman–Crippen LogP) is 1.37. The second-order valence-electron chi connectivity index (χ2n) is 17.0. The first-order valence-corrected chi connectivity index (χ1v) is 26.0. The van der Waals surface area contributed by atoms with Gasteiger partial charge in [0.2, 0.25) is 37.6 Å². The Hall–Kier alpha value is -5.27. The number of hydroxylamine groups is 2. The summed E-state index contributed by atoms with van der Waals surface area (Å²) < 4.78 is 78.3. The van der Waals surface area contributed by atoms with E-state index in [-0.39, 0.29) is 78.3 Å². The highest BCUT2D eigenvalue weighted by atomic mass is 32.2. The minimum atomic E-state index is -4.06. The number of hydrogen-bond acceptors (Lipinski definition) is 23. The van der Waals surface area contributed by atoms with Crippen LogP contribution in [0.15, 0.2) is 53.1 Å². The van der Waals surface area contributed by atoms with Gasteiger partial charge in [-0.05, 0) is 73.1 Å². The van der Waals surface area contributed by atoms with Crippen molar-refractivity contribution in [1.29, 1.82) is 0 Å². The van der Waals surface area contributed by atoms with Gasteiger partial charge in [-0.3, -0.25) is 14.6 Å². The van der Waals surface area contributed by atoms with Gasteiger partial charge in [0.05, 0.1) is 27.4 Å². The van der Waals surface area contributed by atoms with Gasteiger partial charge in [-0.2, -0.15) is 34.0 Å². The van der Waals surface area contributed by atoms with Crippen LogP contribution in [0.2, 0.25) is 0 Å². The highest BCUT2D eigenvalue weighted by Gasteiger charge is 2.57. The average Bonchev–Trinajstić information content (AvgIpc) is 4.11. The summed E-state index contributed by atoms with van der Waals surface area (Å²) in [6.45, 7) is 4.61. The molecule has 8 rings (SSSR count). The molecule has 0 bridgehead atoms. The number of piperazine rings is 2. The summed E-state index contributed by atoms with van der Waals surface area (Å²) >= 11 is 0. The molecule has 71 heavy (non-hydrogen) atoms. The normalized spacial score (nSPS) is 19.3. The van der Waals surface area contributed by atoms with E-state index in [4.69, 9.17) is 38.8 Å². The van der Waals surface area contributed by atoms with E-state index in [1.165, 1.54) is 13.4 Å². The number of sulfonamides is 2. The van der Waals surface area contributed by atoms with Crippen LogP contribution in [0.5, 0.6) is 11.5 Å². The summed E-state index contributed by atoms with van der Waals surface area (Å²) in [5, 5.41) is 36.1. The first kappa shape index (κ1) is 53.5. The quantitative estimate of drug-likeness (QED) is 0.0761. The van der Waals surface area contributed by atoms with Crippen molar-refractivity contribution in [2.24, 2.45) is 0 Å². The highest BCUT2D eigenvalue weighted by molar-refractivity contribution is 7.91. The topological polar surface area (TPSA) is 303 Å². The maximum absolute atomic E-state index is 13.3. The van der Waals surface area contributed by atoms with Crippen molar-refractivity contribution in [3.8, 4) is 34.3 Å². The van der Waals surface area contributed by atoms with Crippen molar-refractivity contribution in [2.45, 2.75) is 61.0 Å². The molecule has 0 saturated carbocycles. The zero-order valence-corrected chi connectivity index (χ0v) is 41.2. The van der Waals surface area contributed by atoms with Gasteiger partial charge in [0.15, 0.2) is 9.49 Å². The van der Waals surface area contributed by atoms with Gasteiger partial charge in [-0.25, -0.2) is 26.4 Å². The number of aromatic nitrogens is 6. The molecule has 0 spiro atoms. The fourth-order valence-corrected chi connectivity index (χ4v) is 12.8. The van der Waals surface area contributed by atoms with Crippen LogP contribution in [-0.2, 0) is 66.7 Å². The Kier molecular flexibility index (Phi) is 18.4. The maximum atomic E-state index is 13.3. The number of nitrogens with zero attached hydrogens (tertiary/aromatic N) is 10. The van der Waals surface area contributed by atoms with Crippen molar-refractivity contribution < 1.29 is 75.0 Å². The summed E-state index contributed by atoms with van der Waals surface area (Å²) in [6.07, 6.45) is 1.78. The second kappa shape index (κ2) is 24.4. The van der Waals surface area contributed by atoms with Crippen LogP contribution in [0.1, 0.15) is 44.4 Å². The van der Waals surface area contributed by atoms with Crippen LogP contribution < -0.4 is 9.47 Å². The summed E-state index contributed by atoms with van der Waals surface area (Å²) in [6, 6.07) is 14.8. The van der Waals surface area contributed by atoms with E-state index in [1.54, 1.807) is 19.3 Å². The van der Waals surface area contributed by atoms with Crippen LogP contribution in [0.25, 0.3) is 22.8 Å². The van der Waals surface area contributed by atoms with E-state index in [9.17, 15) is 26.4 Å². The van der Waals surface area contributed by atoms with Crippen LogP contribution in [0.4, 0.5) is 0 Å². The molecular weight excluding hydrogens is 977 g/mol. The van der Waals surface area contributed by atoms with E-state index < -0.39 is 41.5 Å². The van der Waals surface area contributed by atoms with Gasteiger partial charge < -0.3 is 28.4 Å². The molecule has 6 heterocycles. The molecule has 0 unspecified atom stereocenters. The van der Waals surface area contributed by atoms with Crippen molar-refractivity contribution in [2.75, 3.05) is 106 Å². The number of benzene rings is 2. The van der Waals surface area contributed by atoms with E-state index in [0.29, 0.717) is 69.7 Å². The van der Waals surface area contributed by atoms with E-state index >= 15 is 0 Å². The molecule has 26 nitrogen and oxygen atoms in total. The maximum Gasteiger partial charge on any atom is 0.364 e. The van der Waals surface area contributed by atoms with Gasteiger partial charge >= 0.3 is 11.9 Å². The molecule has 4 aromatic rings. The molecule has 4 aliphatic heterocycles. The average molecular weight is 1040 g/mol. The molecule has 390 valence electrons. The number of carbonyl (C=O) groups excluding carboxylic acids is 2. The standard InChI is InChI=1S/C22H30N4O8S.C21H30N6O8S/c1-31-18-6-4-17(5-7-18)20-23-19(33-24-20)3-2-10-25-11-13-26(14-12-25)35(29,30)22(21(27)34-28)8-15-32-16-9-22;1-32-18-5-3-17(4-6-18)19-22-24-27(23-19)9-2-14-34-25-10-12-26(13-11-25)36(30,31)21(20(28)35-29)7-15-33-16-8-21/h4-7,28H,2-3,8-16H2,1H3;3-6,29H,2,7-16H2,1H3. The van der Waals surface area contributed by atoms with Crippen LogP contribution in [-0.4, -0.2) is 204 Å². The number of rotatable bonds is 19. The molecule has 4 aliphatic rings. The van der Waals surface area contributed by atoms with Crippen molar-refractivity contribution in [3.05, 3.63) is 54.4 Å². The molecule has 0 atom stereocenters. The van der Waals surface area contributed by atoms with Crippen LogP contribution in [0, 0.1) is 0 Å². The largest absolute Gasteiger partial charge is 0.497 e. The summed E-state index contributed by atoms with van der Waals surface area (Å²) in [5.74, 6) is 0.770. The van der Waals surface area contributed by atoms with E-state index in [1.807, 2.05) is 48.5 Å². The first-order chi connectivity index (χ1) is 34.3. The molecule has 0 amide bonds. The Balaban J connectivity index is 0.000000209. The molecule has 4 saturated heterocycles. The third-order valence-electron chi connectivity index (χ3n) is 13.0. The number of ether oxygens (including phenoxy) is 4. The van der Waals surface area contributed by atoms with Gasteiger partial charge in [0.1, 0.15) is 11.5 Å². The summed E-state index contributed by atoms with van der Waals surface area (Å²) in [7, 11) is -4.88. The van der Waals surface area contributed by atoms with Gasteiger partial charge in [-0.1, -0.05) is 5.16 Å². The molecule has 0 aliphatic carbocycles. The number of carbonyl (C=O) groups is 2. The Morgan fingerprint density at radius 2 is 1.15 bits per heavy atom. The second-order valence-corrected chi connectivity index (χ2v) is 21.5. The highest BCUT2D eigenvalue weighted by Crippen LogP contribution is 2.36. The minimum Gasteiger partial charge on any atom is -0.497 e. The molecule has 28 heteroatoms. The fourth-order valence-electron chi connectivity index (χ4n) is 8.69. The first-order valence-electron chi connectivity index (χ1n) is 23.1. The molecule has 0 radical (unpaired) electrons. The van der Waals surface area contributed by atoms with Gasteiger partial charge in [0.25, 0.3) is 0 Å². The summed E-state index contributed by atoms with van der Waals surface area (Å²) in [4.78, 5) is 46.2. The van der Waals surface area contributed by atoms with Crippen molar-refractivity contribution >= 4 is 32.0 Å². The molecule has 2 aromatic heterocycles. The van der Waals surface area contributed by atoms with Crippen molar-refractivity contribution in [3.63, 3.8) is 0 Å². The van der Waals surface area contributed by atoms with Crippen LogP contribution in [0.3, 0.4) is 0 Å². The number of hydrogen-bond donors (Lipinski definition) is 2. The minimum absolute atomic E-state index is 0.0440. The zero-order valence-electron chi connectivity index (χ0n) is 39.6. The number of aryl methyl sites for hydroxylation is 2. The lowest BCUT2D eigenvalue weighted by atomic mass is 9.99. The van der Waals surface area contributed by atoms with E-state index in [0.717, 1.165) is 35.6 Å². The third kappa shape index (κ3) is 12.3. The number of tetrazole rings is 1. The lowest BCUT2D eigenvalue weighted by Gasteiger charge is -2.40. The van der Waals surface area contributed by atoms with Gasteiger partial charge in [-0.15, -0.1) is 10.2 Å². The fraction of sp³-hybridized carbons (Fsp3) is 0.605. The Morgan fingerprint density at radius 1 is 0.662 bits per heavy atom. The summed E-state index contributed by atoms with van der Waals surface area (Å²) in [5.41, 5.74) is 1.67. The Bertz CT molecular complexity index is 2560. The molecule has 2 N–H and O–H groups in total. The Morgan fingerprint density at radius 3 is 1.65 bits per heavy atom. The van der Waals surface area contributed by atoms with Crippen LogP contribution >= 0.6 is 0 Å². The predicted molar refractivity (Wildman–Crippen MR) is 247 cm³/mol. The lowest BCUT2D eigenvalue weighted by Crippen LogP contribution is -2.60. The lowest BCUT2D eigenvalue weighted by molar-refractivity contribution is -0.239. The smallest absolute Gasteiger partial charge is 0.364 e. The van der Waals surface area contributed by atoms with Crippen molar-refractivity contribution in [1.82, 2.24) is 48.9 Å². The monoisotopic (exact) mass is 1040 g/mol. The Labute approximate surface area is 410 Å². The van der Waals surface area contributed by atoms with E-state index in [2.05, 4.69) is 40.2 Å². The zero-order chi connectivity index (χ0) is 50.5.